The Bertz CT molecular complexity index is 497. The molecule has 0 saturated carbocycles. The molecule has 0 spiro atoms. The van der Waals surface area contributed by atoms with Crippen LogP contribution in [-0.2, 0) is 6.42 Å². The van der Waals surface area contributed by atoms with Gasteiger partial charge in [-0.05, 0) is 36.5 Å². The van der Waals surface area contributed by atoms with Crippen LogP contribution in [0.15, 0.2) is 48.5 Å². The molecule has 1 atom stereocenters. The monoisotopic (exact) mass is 208 g/mol. The average Bonchev–Trinajstić information content (AvgIpc) is 2.73. The fraction of sp³-hybridized carbons (Fsp3) is 0.250. The summed E-state index contributed by atoms with van der Waals surface area (Å²) < 4.78 is 0. The van der Waals surface area contributed by atoms with E-state index < -0.39 is 0 Å². The van der Waals surface area contributed by atoms with E-state index in [4.69, 9.17) is 0 Å². The maximum Gasteiger partial charge on any atom is 0.00953 e. The van der Waals surface area contributed by atoms with Crippen LogP contribution in [0.1, 0.15) is 34.6 Å². The predicted octanol–water partition coefficient (Wildman–Crippen LogP) is 4.07. The first-order valence-electron chi connectivity index (χ1n) is 5.99. The van der Waals surface area contributed by atoms with E-state index in [-0.39, 0.29) is 0 Å². The molecule has 0 heteroatoms. The van der Waals surface area contributed by atoms with Crippen LogP contribution in [0.25, 0.3) is 0 Å². The highest BCUT2D eigenvalue weighted by atomic mass is 14.3. The third-order valence-corrected chi connectivity index (χ3v) is 3.58. The van der Waals surface area contributed by atoms with Crippen LogP contribution in [0.4, 0.5) is 0 Å². The number of rotatable bonds is 1. The molecule has 1 aliphatic carbocycles. The van der Waals surface area contributed by atoms with Crippen molar-refractivity contribution in [2.24, 2.45) is 0 Å². The smallest absolute Gasteiger partial charge is 0.00953 e. The van der Waals surface area contributed by atoms with Crippen molar-refractivity contribution < 1.29 is 0 Å². The minimum absolute atomic E-state index is 0.621. The summed E-state index contributed by atoms with van der Waals surface area (Å²) in [6, 6.07) is 17.8. The molecule has 2 aromatic rings. The van der Waals surface area contributed by atoms with Gasteiger partial charge in [-0.25, -0.2) is 0 Å². The van der Waals surface area contributed by atoms with Crippen molar-refractivity contribution in [1.82, 2.24) is 0 Å². The quantitative estimate of drug-likeness (QED) is 0.662. The van der Waals surface area contributed by atoms with Gasteiger partial charge in [-0.2, -0.15) is 0 Å². The Hall–Kier alpha value is -1.56. The Morgan fingerprint density at radius 2 is 1.81 bits per heavy atom. The average molecular weight is 208 g/mol. The summed E-state index contributed by atoms with van der Waals surface area (Å²) in [5, 5.41) is 0. The Morgan fingerprint density at radius 3 is 2.62 bits per heavy atom. The molecule has 2 aromatic carbocycles. The van der Waals surface area contributed by atoms with Gasteiger partial charge in [0.05, 0.1) is 0 Å². The lowest BCUT2D eigenvalue weighted by Gasteiger charge is -2.12. The van der Waals surface area contributed by atoms with Crippen LogP contribution < -0.4 is 0 Å². The zero-order valence-corrected chi connectivity index (χ0v) is 9.61. The molecule has 0 bridgehead atoms. The lowest BCUT2D eigenvalue weighted by atomic mass is 9.92. The van der Waals surface area contributed by atoms with E-state index in [2.05, 4.69) is 55.5 Å². The van der Waals surface area contributed by atoms with Gasteiger partial charge in [-0.3, -0.25) is 0 Å². The number of aryl methyl sites for hydroxylation is 2. The summed E-state index contributed by atoms with van der Waals surface area (Å²) >= 11 is 0. The molecule has 0 radical (unpaired) electrons. The molecule has 80 valence electrons. The van der Waals surface area contributed by atoms with Crippen molar-refractivity contribution in [3.8, 4) is 0 Å². The molecule has 0 saturated heterocycles. The van der Waals surface area contributed by atoms with E-state index >= 15 is 0 Å². The molecule has 1 unspecified atom stereocenters. The van der Waals surface area contributed by atoms with Crippen molar-refractivity contribution in [3.05, 3.63) is 70.8 Å². The highest BCUT2D eigenvalue weighted by Crippen LogP contribution is 2.38. The molecular weight excluding hydrogens is 192 g/mol. The zero-order chi connectivity index (χ0) is 11.0. The van der Waals surface area contributed by atoms with Crippen LogP contribution in [0.2, 0.25) is 0 Å². The van der Waals surface area contributed by atoms with E-state index in [0.29, 0.717) is 5.92 Å². The Labute approximate surface area is 96.9 Å². The molecule has 16 heavy (non-hydrogen) atoms. The third kappa shape index (κ3) is 1.55. The fourth-order valence-corrected chi connectivity index (χ4v) is 2.75. The van der Waals surface area contributed by atoms with Crippen LogP contribution in [0.3, 0.4) is 0 Å². The second kappa shape index (κ2) is 3.79. The van der Waals surface area contributed by atoms with Gasteiger partial charge in [0, 0.05) is 5.92 Å². The van der Waals surface area contributed by atoms with Crippen LogP contribution in [0.5, 0.6) is 0 Å². The first kappa shape index (κ1) is 9.65. The molecule has 0 heterocycles. The van der Waals surface area contributed by atoms with Gasteiger partial charge in [-0.1, -0.05) is 54.1 Å². The van der Waals surface area contributed by atoms with E-state index in [0.717, 1.165) is 0 Å². The minimum Gasteiger partial charge on any atom is -0.0622 e. The van der Waals surface area contributed by atoms with Gasteiger partial charge in [-0.15, -0.1) is 0 Å². The summed E-state index contributed by atoms with van der Waals surface area (Å²) in [5.74, 6) is 0.621. The van der Waals surface area contributed by atoms with Crippen LogP contribution in [-0.4, -0.2) is 0 Å². The van der Waals surface area contributed by atoms with Crippen LogP contribution in [0, 0.1) is 6.92 Å². The highest BCUT2D eigenvalue weighted by Gasteiger charge is 2.23. The second-order valence-electron chi connectivity index (χ2n) is 4.70. The maximum atomic E-state index is 2.36. The van der Waals surface area contributed by atoms with Crippen molar-refractivity contribution >= 4 is 0 Å². The number of fused-ring (bicyclic) bond motifs is 1. The van der Waals surface area contributed by atoms with Crippen molar-refractivity contribution in [1.29, 1.82) is 0 Å². The van der Waals surface area contributed by atoms with E-state index in [1.165, 1.54) is 24.0 Å². The number of hydrogen-bond acceptors (Lipinski definition) is 0. The zero-order valence-electron chi connectivity index (χ0n) is 9.61. The largest absolute Gasteiger partial charge is 0.0622 e. The summed E-state index contributed by atoms with van der Waals surface area (Å²) in [5.41, 5.74) is 5.93. The van der Waals surface area contributed by atoms with Crippen molar-refractivity contribution in [3.63, 3.8) is 0 Å². The Morgan fingerprint density at radius 1 is 1.00 bits per heavy atom. The maximum absolute atomic E-state index is 2.36. The fourth-order valence-electron chi connectivity index (χ4n) is 2.75. The predicted molar refractivity (Wildman–Crippen MR) is 67.8 cm³/mol. The minimum atomic E-state index is 0.621. The summed E-state index contributed by atoms with van der Waals surface area (Å²) in [6.07, 6.45) is 2.50. The van der Waals surface area contributed by atoms with Gasteiger partial charge in [0.25, 0.3) is 0 Å². The molecule has 0 N–H and O–H groups in total. The SMILES string of the molecule is Cc1ccc2c(c1)C(c1ccccc1)CC2. The molecule has 1 aliphatic rings. The summed E-state index contributed by atoms with van der Waals surface area (Å²) in [7, 11) is 0. The second-order valence-corrected chi connectivity index (χ2v) is 4.70. The standard InChI is InChI=1S/C16H16/c1-12-7-8-14-9-10-15(16(14)11-12)13-5-3-2-4-6-13/h2-8,11,15H,9-10H2,1H3. The topological polar surface area (TPSA) is 0 Å². The van der Waals surface area contributed by atoms with E-state index in [1.54, 1.807) is 11.1 Å². The normalized spacial score (nSPS) is 18.4. The first-order chi connectivity index (χ1) is 7.84. The number of benzene rings is 2. The molecule has 0 amide bonds. The summed E-state index contributed by atoms with van der Waals surface area (Å²) in [6.45, 7) is 2.18. The number of hydrogen-bond donors (Lipinski definition) is 0. The van der Waals surface area contributed by atoms with E-state index in [1.807, 2.05) is 0 Å². The lowest BCUT2D eigenvalue weighted by molar-refractivity contribution is 0.788. The lowest BCUT2D eigenvalue weighted by Crippen LogP contribution is -1.95. The van der Waals surface area contributed by atoms with Gasteiger partial charge < -0.3 is 0 Å². The van der Waals surface area contributed by atoms with Crippen molar-refractivity contribution in [2.45, 2.75) is 25.7 Å². The first-order valence-corrected chi connectivity index (χ1v) is 5.99. The Kier molecular flexibility index (Phi) is 2.28. The van der Waals surface area contributed by atoms with Gasteiger partial charge in [0.2, 0.25) is 0 Å². The van der Waals surface area contributed by atoms with Gasteiger partial charge in [0.15, 0.2) is 0 Å². The third-order valence-electron chi connectivity index (χ3n) is 3.58. The molecular formula is C16H16. The summed E-state index contributed by atoms with van der Waals surface area (Å²) in [4.78, 5) is 0. The molecule has 0 aliphatic heterocycles. The van der Waals surface area contributed by atoms with E-state index in [9.17, 15) is 0 Å². The molecule has 0 fully saturated rings. The molecule has 3 rings (SSSR count). The van der Waals surface area contributed by atoms with Gasteiger partial charge in [0.1, 0.15) is 0 Å². The van der Waals surface area contributed by atoms with Crippen LogP contribution >= 0.6 is 0 Å². The van der Waals surface area contributed by atoms with Gasteiger partial charge >= 0.3 is 0 Å². The molecule has 0 aromatic heterocycles. The van der Waals surface area contributed by atoms with Crippen molar-refractivity contribution in [2.75, 3.05) is 0 Å². The highest BCUT2D eigenvalue weighted by molar-refractivity contribution is 5.43. The molecule has 0 nitrogen and oxygen atoms in total. The Balaban J connectivity index is 2.06.